The summed E-state index contributed by atoms with van der Waals surface area (Å²) < 4.78 is 7.32. The molecule has 0 bridgehead atoms. The number of hydrogen-bond donors (Lipinski definition) is 0. The van der Waals surface area contributed by atoms with Crippen molar-refractivity contribution in [2.45, 2.75) is 0 Å². The van der Waals surface area contributed by atoms with Crippen molar-refractivity contribution < 1.29 is 0 Å². The quantitative estimate of drug-likeness (QED) is 0.440. The second-order valence-corrected chi connectivity index (χ2v) is 12.5. The van der Waals surface area contributed by atoms with Gasteiger partial charge in [-0.05, 0) is 0 Å². The van der Waals surface area contributed by atoms with Crippen molar-refractivity contribution in [2.75, 3.05) is 0 Å². The first-order valence-corrected chi connectivity index (χ1v) is 14.3. The first kappa shape index (κ1) is 17.6. The van der Waals surface area contributed by atoms with Gasteiger partial charge in [-0.25, -0.2) is 0 Å². The molecule has 0 heterocycles. The molecule has 25 heavy (non-hydrogen) atoms. The molecule has 0 atom stereocenters. The molecule has 0 amide bonds. The van der Waals surface area contributed by atoms with E-state index >= 15 is 0 Å². The van der Waals surface area contributed by atoms with Crippen molar-refractivity contribution in [3.8, 4) is 0 Å². The summed E-state index contributed by atoms with van der Waals surface area (Å²) in [5.74, 6) is 0. The maximum absolute atomic E-state index is 2.44. The predicted octanol–water partition coefficient (Wildman–Crippen LogP) is 6.24. The van der Waals surface area contributed by atoms with Crippen LogP contribution in [-0.4, -0.2) is 21.4 Å². The predicted molar refractivity (Wildman–Crippen MR) is 112 cm³/mol. The molecule has 0 spiro atoms. The molecule has 3 rings (SSSR count). The van der Waals surface area contributed by atoms with Crippen molar-refractivity contribution in [2.24, 2.45) is 0 Å². The Morgan fingerprint density at radius 2 is 0.680 bits per heavy atom. The fourth-order valence-corrected chi connectivity index (χ4v) is 7.46. The second-order valence-electron chi connectivity index (χ2n) is 5.89. The molecule has 1 heteroatoms. The van der Waals surface area contributed by atoms with Crippen LogP contribution in [0.25, 0.3) is 18.2 Å². The minimum atomic E-state index is -2.06. The maximum atomic E-state index is 2.44. The SMILES string of the molecule is C(=[CH][In]([CH]=Cc1ccccc1)[CH]=Cc1ccccc1)c1ccccc1. The monoisotopic (exact) mass is 424 g/mol. The first-order chi connectivity index (χ1) is 12.4. The van der Waals surface area contributed by atoms with Crippen molar-refractivity contribution in [3.05, 3.63) is 119 Å². The topological polar surface area (TPSA) is 0 Å². The van der Waals surface area contributed by atoms with Gasteiger partial charge in [0, 0.05) is 0 Å². The average Bonchev–Trinajstić information content (AvgIpc) is 2.70. The fourth-order valence-electron chi connectivity index (χ4n) is 2.55. The van der Waals surface area contributed by atoms with Crippen LogP contribution < -0.4 is 0 Å². The molecule has 0 nitrogen and oxygen atoms in total. The molecule has 0 unspecified atom stereocenters. The van der Waals surface area contributed by atoms with Gasteiger partial charge in [-0.2, -0.15) is 0 Å². The van der Waals surface area contributed by atoms with Gasteiger partial charge in [0.1, 0.15) is 0 Å². The van der Waals surface area contributed by atoms with Crippen LogP contribution in [0.2, 0.25) is 0 Å². The summed E-state index contributed by atoms with van der Waals surface area (Å²) >= 11 is -2.06. The van der Waals surface area contributed by atoms with E-state index in [-0.39, 0.29) is 0 Å². The molecule has 0 aliphatic carbocycles. The summed E-state index contributed by atoms with van der Waals surface area (Å²) in [5.41, 5.74) is 3.81. The van der Waals surface area contributed by atoms with E-state index in [1.165, 1.54) is 16.7 Å². The van der Waals surface area contributed by atoms with Crippen LogP contribution in [0.15, 0.2) is 102 Å². The van der Waals surface area contributed by atoms with Crippen LogP contribution in [0, 0.1) is 0 Å². The summed E-state index contributed by atoms with van der Waals surface area (Å²) in [6.45, 7) is 0. The fraction of sp³-hybridized carbons (Fsp3) is 0. The Balaban J connectivity index is 1.79. The van der Waals surface area contributed by atoms with Crippen LogP contribution >= 0.6 is 0 Å². The van der Waals surface area contributed by atoms with E-state index in [0.717, 1.165) is 0 Å². The third kappa shape index (κ3) is 6.28. The number of hydrogen-bond acceptors (Lipinski definition) is 0. The average molecular weight is 424 g/mol. The van der Waals surface area contributed by atoms with Gasteiger partial charge in [-0.1, -0.05) is 0 Å². The van der Waals surface area contributed by atoms with E-state index in [0.29, 0.717) is 0 Å². The van der Waals surface area contributed by atoms with E-state index in [2.05, 4.69) is 121 Å². The molecule has 0 N–H and O–H groups in total. The van der Waals surface area contributed by atoms with Gasteiger partial charge in [-0.3, -0.25) is 0 Å². The van der Waals surface area contributed by atoms with Crippen LogP contribution in [0.5, 0.6) is 0 Å². The molecule has 0 aromatic heterocycles. The van der Waals surface area contributed by atoms with Gasteiger partial charge >= 0.3 is 159 Å². The zero-order chi connectivity index (χ0) is 17.2. The van der Waals surface area contributed by atoms with Crippen molar-refractivity contribution in [1.29, 1.82) is 0 Å². The van der Waals surface area contributed by atoms with E-state index in [1.807, 2.05) is 0 Å². The van der Waals surface area contributed by atoms with Crippen LogP contribution in [0.1, 0.15) is 16.7 Å². The van der Waals surface area contributed by atoms with Crippen molar-refractivity contribution in [1.82, 2.24) is 0 Å². The summed E-state index contributed by atoms with van der Waals surface area (Å²) in [6, 6.07) is 31.6. The van der Waals surface area contributed by atoms with E-state index < -0.39 is 21.4 Å². The molecule has 120 valence electrons. The zero-order valence-corrected chi connectivity index (χ0v) is 17.5. The van der Waals surface area contributed by atoms with E-state index in [1.54, 1.807) is 0 Å². The van der Waals surface area contributed by atoms with Gasteiger partial charge in [0.2, 0.25) is 0 Å². The molecule has 0 radical (unpaired) electrons. The Kier molecular flexibility index (Phi) is 6.96. The Morgan fingerprint density at radius 3 is 0.960 bits per heavy atom. The molecular formula is C24H21In. The second kappa shape index (κ2) is 9.90. The Labute approximate surface area is 158 Å². The van der Waals surface area contributed by atoms with Crippen LogP contribution in [0.3, 0.4) is 0 Å². The molecule has 0 saturated heterocycles. The standard InChI is InChI=1S/3C8H7.In/c3*1-2-8-6-4-3-5-7-8;/h3*1-7H;. The van der Waals surface area contributed by atoms with Gasteiger partial charge in [-0.15, -0.1) is 0 Å². The summed E-state index contributed by atoms with van der Waals surface area (Å²) in [6.07, 6.45) is 6.81. The Hall–Kier alpha value is -2.25. The van der Waals surface area contributed by atoms with E-state index in [9.17, 15) is 0 Å². The summed E-state index contributed by atoms with van der Waals surface area (Å²) in [4.78, 5) is 0. The third-order valence-corrected chi connectivity index (χ3v) is 9.38. The Bertz CT molecular complexity index is 713. The Morgan fingerprint density at radius 1 is 0.400 bits per heavy atom. The van der Waals surface area contributed by atoms with Crippen LogP contribution in [-0.2, 0) is 0 Å². The normalized spacial score (nSPS) is 11.5. The van der Waals surface area contributed by atoms with E-state index in [4.69, 9.17) is 0 Å². The molecular weight excluding hydrogens is 403 g/mol. The molecule has 3 aromatic rings. The van der Waals surface area contributed by atoms with Crippen LogP contribution in [0.4, 0.5) is 0 Å². The number of rotatable bonds is 6. The van der Waals surface area contributed by atoms with Crippen molar-refractivity contribution in [3.63, 3.8) is 0 Å². The molecule has 0 saturated carbocycles. The van der Waals surface area contributed by atoms with Gasteiger partial charge in [0.15, 0.2) is 0 Å². The zero-order valence-electron chi connectivity index (χ0n) is 14.2. The van der Waals surface area contributed by atoms with Gasteiger partial charge in [0.25, 0.3) is 0 Å². The van der Waals surface area contributed by atoms with Gasteiger partial charge < -0.3 is 0 Å². The molecule has 3 aromatic carbocycles. The first-order valence-electron chi connectivity index (χ1n) is 8.60. The molecule has 0 fully saturated rings. The minimum absolute atomic E-state index is 1.27. The van der Waals surface area contributed by atoms with Gasteiger partial charge in [0.05, 0.1) is 0 Å². The summed E-state index contributed by atoms with van der Waals surface area (Å²) in [5, 5.41) is 0. The summed E-state index contributed by atoms with van der Waals surface area (Å²) in [7, 11) is 0. The molecule has 0 aliphatic rings. The molecule has 0 aliphatic heterocycles. The van der Waals surface area contributed by atoms with Crippen molar-refractivity contribution >= 4 is 39.7 Å². The third-order valence-electron chi connectivity index (χ3n) is 3.93. The number of benzene rings is 3.